The average Bonchev–Trinajstić information content (AvgIpc) is 2.92. The van der Waals surface area contributed by atoms with Crippen molar-refractivity contribution in [3.63, 3.8) is 0 Å². The Morgan fingerprint density at radius 3 is 2.78 bits per heavy atom. The number of rotatable bonds is 4. The van der Waals surface area contributed by atoms with Gasteiger partial charge in [0.25, 0.3) is 5.91 Å². The third-order valence-electron chi connectivity index (χ3n) is 3.23. The molecule has 1 amide bonds. The summed E-state index contributed by atoms with van der Waals surface area (Å²) in [6.07, 6.45) is 1.57. The quantitative estimate of drug-likeness (QED) is 0.592. The molecule has 0 saturated heterocycles. The van der Waals surface area contributed by atoms with Crippen molar-refractivity contribution < 1.29 is 14.0 Å². The van der Waals surface area contributed by atoms with Gasteiger partial charge in [-0.15, -0.1) is 0 Å². The van der Waals surface area contributed by atoms with Crippen LogP contribution >= 0.6 is 0 Å². The van der Waals surface area contributed by atoms with Crippen LogP contribution in [0, 0.1) is 6.92 Å². The van der Waals surface area contributed by atoms with Crippen molar-refractivity contribution in [2.75, 3.05) is 12.4 Å². The maximum absolute atomic E-state index is 12.3. The fraction of sp³-hybridized carbons (Fsp3) is 0.118. The van der Waals surface area contributed by atoms with E-state index in [9.17, 15) is 4.79 Å². The van der Waals surface area contributed by atoms with E-state index in [1.807, 2.05) is 0 Å². The number of fused-ring (bicyclic) bond motifs is 1. The third-order valence-corrected chi connectivity index (χ3v) is 3.23. The van der Waals surface area contributed by atoms with Crippen molar-refractivity contribution in [3.05, 3.63) is 59.5 Å². The van der Waals surface area contributed by atoms with Crippen molar-refractivity contribution in [1.29, 1.82) is 0 Å². The van der Waals surface area contributed by atoms with Gasteiger partial charge in [-0.3, -0.25) is 4.79 Å². The number of hydrogen-bond donors (Lipinski definition) is 1. The van der Waals surface area contributed by atoms with Crippen molar-refractivity contribution >= 4 is 28.9 Å². The first kappa shape index (κ1) is 14.8. The Bertz CT molecular complexity index is 866. The molecule has 1 N–H and O–H groups in total. The zero-order valence-corrected chi connectivity index (χ0v) is 12.7. The fourth-order valence-electron chi connectivity index (χ4n) is 2.16. The molecule has 0 aliphatic rings. The van der Waals surface area contributed by atoms with E-state index in [-0.39, 0.29) is 5.91 Å². The topological polar surface area (TPSA) is 76.7 Å². The van der Waals surface area contributed by atoms with Gasteiger partial charge in [0, 0.05) is 18.2 Å². The van der Waals surface area contributed by atoms with Gasteiger partial charge in [-0.2, -0.15) is 0 Å². The summed E-state index contributed by atoms with van der Waals surface area (Å²) < 4.78 is 5.41. The molecule has 0 aliphatic heterocycles. The largest absolute Gasteiger partial charge is 0.441 e. The van der Waals surface area contributed by atoms with E-state index in [2.05, 4.69) is 20.3 Å². The monoisotopic (exact) mass is 309 g/mol. The first-order valence-electron chi connectivity index (χ1n) is 7.01. The lowest BCUT2D eigenvalue weighted by Crippen LogP contribution is -2.11. The van der Waals surface area contributed by atoms with Crippen molar-refractivity contribution in [2.24, 2.45) is 5.16 Å². The Kier molecular flexibility index (Phi) is 4.05. The van der Waals surface area contributed by atoms with Crippen LogP contribution in [0.2, 0.25) is 0 Å². The molecule has 3 rings (SSSR count). The minimum Gasteiger partial charge on any atom is -0.441 e. The molecule has 0 spiro atoms. The molecule has 0 unspecified atom stereocenters. The number of benzene rings is 2. The summed E-state index contributed by atoms with van der Waals surface area (Å²) in [7, 11) is 1.48. The molecule has 3 aromatic rings. The molecule has 23 heavy (non-hydrogen) atoms. The van der Waals surface area contributed by atoms with Gasteiger partial charge in [-0.05, 0) is 35.9 Å². The molecule has 116 valence electrons. The normalized spacial score (nSPS) is 11.0. The summed E-state index contributed by atoms with van der Waals surface area (Å²) in [6.45, 7) is 1.78. The molecule has 0 radical (unpaired) electrons. The lowest BCUT2D eigenvalue weighted by atomic mass is 10.1. The number of carbonyl (C=O) groups is 1. The molecular formula is C17H15N3O3. The fourth-order valence-corrected chi connectivity index (χ4v) is 2.16. The number of anilines is 1. The van der Waals surface area contributed by atoms with Crippen LogP contribution in [0.1, 0.15) is 21.8 Å². The Labute approximate surface area is 132 Å². The van der Waals surface area contributed by atoms with Crippen LogP contribution in [-0.2, 0) is 4.84 Å². The standard InChI is InChI=1S/C17H15N3O3/c1-11-19-15-9-14(7-8-16(15)23-11)20-17(21)13-5-3-12(4-6-13)10-18-22-2/h3-10H,1-2H3,(H,20,21)/b18-10+. The second-order valence-electron chi connectivity index (χ2n) is 4.91. The zero-order chi connectivity index (χ0) is 16.2. The Morgan fingerprint density at radius 1 is 1.26 bits per heavy atom. The molecule has 1 heterocycles. The van der Waals surface area contributed by atoms with Crippen molar-refractivity contribution in [2.45, 2.75) is 6.92 Å². The summed E-state index contributed by atoms with van der Waals surface area (Å²) in [5.74, 6) is 0.400. The lowest BCUT2D eigenvalue weighted by Gasteiger charge is -2.05. The first-order valence-corrected chi connectivity index (χ1v) is 7.01. The van der Waals surface area contributed by atoms with E-state index in [0.717, 1.165) is 5.56 Å². The van der Waals surface area contributed by atoms with E-state index in [1.54, 1.807) is 55.6 Å². The summed E-state index contributed by atoms with van der Waals surface area (Å²) >= 11 is 0. The van der Waals surface area contributed by atoms with Gasteiger partial charge in [0.2, 0.25) is 0 Å². The molecular weight excluding hydrogens is 294 g/mol. The molecule has 0 bridgehead atoms. The molecule has 0 saturated carbocycles. The van der Waals surface area contributed by atoms with E-state index in [4.69, 9.17) is 4.42 Å². The Balaban J connectivity index is 1.75. The molecule has 0 atom stereocenters. The van der Waals surface area contributed by atoms with Crippen LogP contribution in [0.4, 0.5) is 5.69 Å². The number of oxazole rings is 1. The van der Waals surface area contributed by atoms with Gasteiger partial charge in [0.15, 0.2) is 11.5 Å². The highest BCUT2D eigenvalue weighted by atomic mass is 16.6. The minimum atomic E-state index is -0.195. The van der Waals surface area contributed by atoms with Crippen LogP contribution in [0.5, 0.6) is 0 Å². The Hall–Kier alpha value is -3.15. The number of amides is 1. The summed E-state index contributed by atoms with van der Waals surface area (Å²) in [6, 6.07) is 12.4. The Morgan fingerprint density at radius 2 is 2.04 bits per heavy atom. The summed E-state index contributed by atoms with van der Waals surface area (Å²) in [4.78, 5) is 21.1. The van der Waals surface area contributed by atoms with Gasteiger partial charge in [-0.1, -0.05) is 17.3 Å². The number of nitrogens with one attached hydrogen (secondary N) is 1. The second kappa shape index (κ2) is 6.31. The average molecular weight is 309 g/mol. The van der Waals surface area contributed by atoms with Crippen molar-refractivity contribution in [3.8, 4) is 0 Å². The smallest absolute Gasteiger partial charge is 0.255 e. The highest BCUT2D eigenvalue weighted by Crippen LogP contribution is 2.20. The molecule has 6 nitrogen and oxygen atoms in total. The van der Waals surface area contributed by atoms with Gasteiger partial charge < -0.3 is 14.6 Å². The van der Waals surface area contributed by atoms with Crippen LogP contribution in [0.15, 0.2) is 52.0 Å². The van der Waals surface area contributed by atoms with Gasteiger partial charge >= 0.3 is 0 Å². The van der Waals surface area contributed by atoms with Crippen LogP contribution in [0.25, 0.3) is 11.1 Å². The highest BCUT2D eigenvalue weighted by Gasteiger charge is 2.08. The van der Waals surface area contributed by atoms with E-state index in [1.165, 1.54) is 7.11 Å². The van der Waals surface area contributed by atoms with Crippen LogP contribution < -0.4 is 5.32 Å². The SMILES string of the molecule is CO/N=C/c1ccc(C(=O)Nc2ccc3oc(C)nc3c2)cc1. The zero-order valence-electron chi connectivity index (χ0n) is 12.7. The number of carbonyl (C=O) groups excluding carboxylic acids is 1. The van der Waals surface area contributed by atoms with E-state index in [0.29, 0.717) is 28.2 Å². The van der Waals surface area contributed by atoms with E-state index < -0.39 is 0 Å². The molecule has 0 fully saturated rings. The third kappa shape index (κ3) is 3.37. The van der Waals surface area contributed by atoms with Crippen LogP contribution in [-0.4, -0.2) is 24.2 Å². The van der Waals surface area contributed by atoms with Gasteiger partial charge in [0.1, 0.15) is 12.6 Å². The number of aryl methyl sites for hydroxylation is 1. The van der Waals surface area contributed by atoms with Gasteiger partial charge in [0.05, 0.1) is 6.21 Å². The van der Waals surface area contributed by atoms with Crippen LogP contribution in [0.3, 0.4) is 0 Å². The number of aromatic nitrogens is 1. The maximum atomic E-state index is 12.3. The molecule has 0 aliphatic carbocycles. The predicted octanol–water partition coefficient (Wildman–Crippen LogP) is 3.37. The number of nitrogens with zero attached hydrogens (tertiary/aromatic N) is 2. The van der Waals surface area contributed by atoms with E-state index >= 15 is 0 Å². The molecule has 6 heteroatoms. The first-order chi connectivity index (χ1) is 11.2. The number of hydrogen-bond acceptors (Lipinski definition) is 5. The lowest BCUT2D eigenvalue weighted by molar-refractivity contribution is 0.102. The molecule has 2 aromatic carbocycles. The van der Waals surface area contributed by atoms with Crippen molar-refractivity contribution in [1.82, 2.24) is 4.98 Å². The van der Waals surface area contributed by atoms with Gasteiger partial charge in [-0.25, -0.2) is 4.98 Å². The predicted molar refractivity (Wildman–Crippen MR) is 87.7 cm³/mol. The summed E-state index contributed by atoms with van der Waals surface area (Å²) in [5.41, 5.74) is 3.48. The maximum Gasteiger partial charge on any atom is 0.255 e. The molecule has 1 aromatic heterocycles. The minimum absolute atomic E-state index is 0.195. The number of oxime groups is 1. The second-order valence-corrected chi connectivity index (χ2v) is 4.91. The highest BCUT2D eigenvalue weighted by molar-refractivity contribution is 6.05. The summed E-state index contributed by atoms with van der Waals surface area (Å²) in [5, 5.41) is 6.52.